The fourth-order valence-corrected chi connectivity index (χ4v) is 3.99. The Labute approximate surface area is 206 Å². The second kappa shape index (κ2) is 13.3. The van der Waals surface area contributed by atoms with E-state index in [2.05, 4.69) is 33.5 Å². The zero-order valence-electron chi connectivity index (χ0n) is 20.2. The van der Waals surface area contributed by atoms with Gasteiger partial charge in [0.05, 0.1) is 30.5 Å². The molecule has 0 aromatic heterocycles. The standard InChI is InChI=1S/C26H34ClFN4O2/c1-4-7-19-16-25(34-13-6-10-32-11-14-33-15-12-32)24(29-3)18-21(19)26(30-5-2)31-20-8-9-23(28)22(27)17-20/h5,7-9,16-18,29,31H,4,6,10-15H2,1-3H3/b19-7+,26-21+,30-5-. The third-order valence-electron chi connectivity index (χ3n) is 5.52. The summed E-state index contributed by atoms with van der Waals surface area (Å²) in [6, 6.07) is 8.60. The molecule has 2 aromatic rings. The summed E-state index contributed by atoms with van der Waals surface area (Å²) in [5.74, 6) is 0.984. The first-order valence-corrected chi connectivity index (χ1v) is 12.1. The minimum atomic E-state index is -0.458. The van der Waals surface area contributed by atoms with Crippen LogP contribution in [-0.4, -0.2) is 57.6 Å². The van der Waals surface area contributed by atoms with E-state index in [4.69, 9.17) is 21.1 Å². The van der Waals surface area contributed by atoms with E-state index in [1.807, 2.05) is 26.1 Å². The molecule has 0 unspecified atom stereocenters. The van der Waals surface area contributed by atoms with E-state index in [0.717, 1.165) is 67.6 Å². The summed E-state index contributed by atoms with van der Waals surface area (Å²) >= 11 is 5.98. The minimum Gasteiger partial charge on any atom is -0.491 e. The molecule has 0 radical (unpaired) electrons. The molecule has 1 aliphatic heterocycles. The molecule has 34 heavy (non-hydrogen) atoms. The predicted octanol–water partition coefficient (Wildman–Crippen LogP) is 4.08. The second-order valence-electron chi connectivity index (χ2n) is 7.94. The van der Waals surface area contributed by atoms with Crippen molar-refractivity contribution in [3.63, 3.8) is 0 Å². The van der Waals surface area contributed by atoms with E-state index in [1.165, 1.54) is 6.07 Å². The molecule has 1 fully saturated rings. The Morgan fingerprint density at radius 3 is 2.74 bits per heavy atom. The van der Waals surface area contributed by atoms with Gasteiger partial charge in [-0.25, -0.2) is 9.38 Å². The van der Waals surface area contributed by atoms with Gasteiger partial charge in [-0.15, -0.1) is 0 Å². The fourth-order valence-electron chi connectivity index (χ4n) is 3.81. The second-order valence-corrected chi connectivity index (χ2v) is 8.35. The lowest BCUT2D eigenvalue weighted by molar-refractivity contribution is 0.0358. The van der Waals surface area contributed by atoms with Gasteiger partial charge in [-0.3, -0.25) is 4.90 Å². The van der Waals surface area contributed by atoms with Crippen molar-refractivity contribution in [3.8, 4) is 5.75 Å². The Kier molecular flexibility index (Phi) is 10.2. The van der Waals surface area contributed by atoms with Gasteiger partial charge in [0, 0.05) is 43.8 Å². The molecular weight excluding hydrogens is 455 g/mol. The summed E-state index contributed by atoms with van der Waals surface area (Å²) in [4.78, 5) is 6.96. The quantitative estimate of drug-likeness (QED) is 0.390. The van der Waals surface area contributed by atoms with Crippen LogP contribution in [0.15, 0.2) is 35.3 Å². The molecule has 6 nitrogen and oxygen atoms in total. The number of nitrogens with one attached hydrogen (secondary N) is 2. The number of hydrogen-bond acceptors (Lipinski definition) is 6. The summed E-state index contributed by atoms with van der Waals surface area (Å²) < 4.78 is 25.2. The third kappa shape index (κ3) is 7.19. The number of nitrogens with zero attached hydrogens (tertiary/aromatic N) is 2. The van der Waals surface area contributed by atoms with Crippen molar-refractivity contribution < 1.29 is 13.9 Å². The average Bonchev–Trinajstić information content (AvgIpc) is 2.85. The van der Waals surface area contributed by atoms with Crippen LogP contribution in [0.25, 0.3) is 11.9 Å². The molecule has 8 heteroatoms. The minimum absolute atomic E-state index is 0.0573. The third-order valence-corrected chi connectivity index (χ3v) is 5.81. The first-order valence-electron chi connectivity index (χ1n) is 11.8. The maximum Gasteiger partial charge on any atom is 0.142 e. The first-order chi connectivity index (χ1) is 16.5. The van der Waals surface area contributed by atoms with E-state index in [1.54, 1.807) is 18.3 Å². The number of hydrogen-bond donors (Lipinski definition) is 2. The molecule has 2 N–H and O–H groups in total. The molecular formula is C26H34ClFN4O2. The van der Waals surface area contributed by atoms with Gasteiger partial charge in [-0.1, -0.05) is 24.6 Å². The lowest BCUT2D eigenvalue weighted by atomic mass is 10.1. The maximum atomic E-state index is 13.6. The highest BCUT2D eigenvalue weighted by atomic mass is 35.5. The van der Waals surface area contributed by atoms with Crippen molar-refractivity contribution >= 4 is 41.1 Å². The number of benzene rings is 2. The van der Waals surface area contributed by atoms with Gasteiger partial charge in [-0.05, 0) is 55.3 Å². The monoisotopic (exact) mass is 488 g/mol. The van der Waals surface area contributed by atoms with Crippen LogP contribution >= 0.6 is 11.6 Å². The zero-order valence-corrected chi connectivity index (χ0v) is 20.9. The molecule has 0 saturated carbocycles. The highest BCUT2D eigenvalue weighted by Crippen LogP contribution is 2.22. The van der Waals surface area contributed by atoms with Gasteiger partial charge in [0.15, 0.2) is 0 Å². The molecule has 0 aliphatic carbocycles. The van der Waals surface area contributed by atoms with Crippen molar-refractivity contribution in [2.75, 3.05) is 57.1 Å². The van der Waals surface area contributed by atoms with E-state index in [9.17, 15) is 4.39 Å². The summed E-state index contributed by atoms with van der Waals surface area (Å²) in [5, 5.41) is 8.50. The van der Waals surface area contributed by atoms with Crippen molar-refractivity contribution in [2.45, 2.75) is 26.7 Å². The van der Waals surface area contributed by atoms with Crippen LogP contribution in [0.2, 0.25) is 5.02 Å². The Balaban J connectivity index is 1.89. The number of anilines is 2. The number of morpholine rings is 1. The van der Waals surface area contributed by atoms with E-state index < -0.39 is 5.82 Å². The lowest BCUT2D eigenvalue weighted by Gasteiger charge is -2.26. The largest absolute Gasteiger partial charge is 0.491 e. The van der Waals surface area contributed by atoms with Crippen LogP contribution < -0.4 is 25.8 Å². The molecule has 1 heterocycles. The van der Waals surface area contributed by atoms with Gasteiger partial charge in [0.2, 0.25) is 0 Å². The van der Waals surface area contributed by atoms with Crippen molar-refractivity contribution in [1.82, 2.24) is 4.90 Å². The van der Waals surface area contributed by atoms with Gasteiger partial charge >= 0.3 is 0 Å². The average molecular weight is 489 g/mol. The van der Waals surface area contributed by atoms with Crippen LogP contribution in [-0.2, 0) is 4.74 Å². The van der Waals surface area contributed by atoms with Crippen LogP contribution in [0.3, 0.4) is 0 Å². The maximum absolute atomic E-state index is 13.6. The van der Waals surface area contributed by atoms with Crippen LogP contribution in [0.1, 0.15) is 26.7 Å². The Morgan fingerprint density at radius 1 is 1.26 bits per heavy atom. The lowest BCUT2D eigenvalue weighted by Crippen LogP contribution is -2.37. The van der Waals surface area contributed by atoms with E-state index in [-0.39, 0.29) is 5.02 Å². The number of rotatable bonds is 10. The summed E-state index contributed by atoms with van der Waals surface area (Å²) in [6.07, 6.45) is 5.66. The normalized spacial score (nSPS) is 16.1. The fraction of sp³-hybridized carbons (Fsp3) is 0.423. The topological polar surface area (TPSA) is 58.1 Å². The summed E-state index contributed by atoms with van der Waals surface area (Å²) in [5.41, 5.74) is 1.53. The molecule has 184 valence electrons. The smallest absolute Gasteiger partial charge is 0.142 e. The van der Waals surface area contributed by atoms with Crippen LogP contribution in [0, 0.1) is 5.82 Å². The molecule has 0 spiro atoms. The van der Waals surface area contributed by atoms with Crippen molar-refractivity contribution in [2.24, 2.45) is 4.99 Å². The number of aliphatic imine (C=N–C) groups is 1. The van der Waals surface area contributed by atoms with Crippen molar-refractivity contribution in [1.29, 1.82) is 0 Å². The molecule has 0 atom stereocenters. The van der Waals surface area contributed by atoms with Gasteiger partial charge < -0.3 is 20.1 Å². The predicted molar refractivity (Wildman–Crippen MR) is 140 cm³/mol. The van der Waals surface area contributed by atoms with Gasteiger partial charge in [0.25, 0.3) is 0 Å². The Morgan fingerprint density at radius 2 is 2.06 bits per heavy atom. The van der Waals surface area contributed by atoms with E-state index in [0.29, 0.717) is 18.1 Å². The molecule has 1 aliphatic rings. The Bertz CT molecular complexity index is 1100. The molecule has 0 bridgehead atoms. The van der Waals surface area contributed by atoms with Gasteiger partial charge in [-0.2, -0.15) is 0 Å². The molecule has 3 rings (SSSR count). The molecule has 1 saturated heterocycles. The van der Waals surface area contributed by atoms with Crippen molar-refractivity contribution in [3.05, 3.63) is 51.6 Å². The summed E-state index contributed by atoms with van der Waals surface area (Å²) in [6.45, 7) is 9.15. The van der Waals surface area contributed by atoms with E-state index >= 15 is 0 Å². The number of halogens is 2. The highest BCUT2D eigenvalue weighted by molar-refractivity contribution is 6.31. The Hall–Kier alpha value is -2.61. The van der Waals surface area contributed by atoms with Crippen LogP contribution in [0.5, 0.6) is 5.75 Å². The summed E-state index contributed by atoms with van der Waals surface area (Å²) in [7, 11) is 1.87. The van der Waals surface area contributed by atoms with Crippen LogP contribution in [0.4, 0.5) is 15.8 Å². The molecule has 0 amide bonds. The SMILES string of the molecule is C\C=N/C(Nc1ccc(F)c(Cl)c1)=c1/cc(NC)c(OCCCN2CCOCC2)c/c1=C\CC. The zero-order chi connectivity index (χ0) is 24.3. The highest BCUT2D eigenvalue weighted by Gasteiger charge is 2.11. The molecule has 2 aromatic carbocycles. The van der Waals surface area contributed by atoms with Gasteiger partial charge in [0.1, 0.15) is 17.4 Å². The first kappa shape index (κ1) is 26.0. The number of ether oxygens (including phenoxy) is 2.